The first kappa shape index (κ1) is 13.4. The molecule has 1 aromatic carbocycles. The van der Waals surface area contributed by atoms with E-state index in [1.165, 1.54) is 0 Å². The minimum absolute atomic E-state index is 0.152. The van der Waals surface area contributed by atoms with E-state index >= 15 is 0 Å². The molecule has 0 aliphatic heterocycles. The first-order chi connectivity index (χ1) is 8.49. The third kappa shape index (κ3) is 2.25. The van der Waals surface area contributed by atoms with E-state index in [4.69, 9.17) is 16.6 Å². The van der Waals surface area contributed by atoms with Gasteiger partial charge in [0.25, 0.3) is 0 Å². The molecular formula is C14H20ClN3. The van der Waals surface area contributed by atoms with E-state index in [9.17, 15) is 0 Å². The van der Waals surface area contributed by atoms with Crippen molar-refractivity contribution in [3.05, 3.63) is 29.0 Å². The van der Waals surface area contributed by atoms with Gasteiger partial charge in [-0.1, -0.05) is 18.5 Å². The fourth-order valence-corrected chi connectivity index (χ4v) is 2.30. The highest BCUT2D eigenvalue weighted by molar-refractivity contribution is 6.31. The van der Waals surface area contributed by atoms with Gasteiger partial charge in [-0.05, 0) is 45.5 Å². The maximum atomic E-state index is 6.09. The molecule has 0 spiro atoms. The van der Waals surface area contributed by atoms with Crippen LogP contribution in [0.1, 0.15) is 33.0 Å². The lowest BCUT2D eigenvalue weighted by Crippen LogP contribution is -2.36. The quantitative estimate of drug-likeness (QED) is 0.916. The molecule has 0 aliphatic carbocycles. The van der Waals surface area contributed by atoms with Crippen LogP contribution in [0.4, 0.5) is 0 Å². The Balaban J connectivity index is 2.69. The smallest absolute Gasteiger partial charge is 0.129 e. The van der Waals surface area contributed by atoms with E-state index in [1.54, 1.807) is 0 Å². The second kappa shape index (κ2) is 4.90. The van der Waals surface area contributed by atoms with Gasteiger partial charge in [-0.25, -0.2) is 4.98 Å². The molecule has 0 radical (unpaired) electrons. The molecule has 3 nitrogen and oxygen atoms in total. The molecular weight excluding hydrogens is 246 g/mol. The van der Waals surface area contributed by atoms with Gasteiger partial charge in [-0.2, -0.15) is 0 Å². The maximum Gasteiger partial charge on any atom is 0.129 e. The molecule has 0 saturated heterocycles. The fourth-order valence-electron chi connectivity index (χ4n) is 2.13. The van der Waals surface area contributed by atoms with Crippen molar-refractivity contribution in [2.45, 2.75) is 39.3 Å². The summed E-state index contributed by atoms with van der Waals surface area (Å²) in [4.78, 5) is 4.76. The van der Waals surface area contributed by atoms with Crippen LogP contribution in [-0.2, 0) is 12.1 Å². The predicted octanol–water partition coefficient (Wildman–Crippen LogP) is 3.55. The second-order valence-corrected chi connectivity index (χ2v) is 5.53. The molecule has 18 heavy (non-hydrogen) atoms. The Labute approximate surface area is 113 Å². The van der Waals surface area contributed by atoms with Crippen molar-refractivity contribution in [3.8, 4) is 0 Å². The molecule has 0 bridgehead atoms. The summed E-state index contributed by atoms with van der Waals surface area (Å²) in [6.07, 6.45) is 1.07. The number of fused-ring (bicyclic) bond motifs is 1. The number of nitrogens with zero attached hydrogens (tertiary/aromatic N) is 2. The summed E-state index contributed by atoms with van der Waals surface area (Å²) in [5, 5.41) is 4.07. The molecule has 0 fully saturated rings. The van der Waals surface area contributed by atoms with Gasteiger partial charge in [-0.3, -0.25) is 0 Å². The third-order valence-electron chi connectivity index (χ3n) is 3.34. The van der Waals surface area contributed by atoms with Crippen molar-refractivity contribution >= 4 is 22.6 Å². The third-order valence-corrected chi connectivity index (χ3v) is 3.58. The van der Waals surface area contributed by atoms with Crippen molar-refractivity contribution in [3.63, 3.8) is 0 Å². The minimum Gasteiger partial charge on any atom is -0.326 e. The van der Waals surface area contributed by atoms with E-state index in [0.717, 1.165) is 34.8 Å². The van der Waals surface area contributed by atoms with Gasteiger partial charge in [0.15, 0.2) is 0 Å². The van der Waals surface area contributed by atoms with Crippen LogP contribution in [0, 0.1) is 0 Å². The fraction of sp³-hybridized carbons (Fsp3) is 0.500. The van der Waals surface area contributed by atoms with Crippen LogP contribution in [0.15, 0.2) is 18.2 Å². The van der Waals surface area contributed by atoms with Gasteiger partial charge in [0, 0.05) is 11.6 Å². The molecule has 0 saturated carbocycles. The molecule has 0 atom stereocenters. The van der Waals surface area contributed by atoms with Crippen LogP contribution in [0.2, 0.25) is 5.02 Å². The number of halogens is 1. The van der Waals surface area contributed by atoms with Crippen molar-refractivity contribution in [1.82, 2.24) is 14.9 Å². The first-order valence-corrected chi connectivity index (χ1v) is 6.72. The zero-order chi connectivity index (χ0) is 13.3. The summed E-state index contributed by atoms with van der Waals surface area (Å²) in [6, 6.07) is 5.87. The van der Waals surface area contributed by atoms with Crippen molar-refractivity contribution in [2.75, 3.05) is 7.05 Å². The highest BCUT2D eigenvalue weighted by Crippen LogP contribution is 2.26. The van der Waals surface area contributed by atoms with Gasteiger partial charge in [-0.15, -0.1) is 0 Å². The highest BCUT2D eigenvalue weighted by Gasteiger charge is 2.25. The van der Waals surface area contributed by atoms with Crippen LogP contribution in [0.25, 0.3) is 11.0 Å². The summed E-state index contributed by atoms with van der Waals surface area (Å²) in [5.41, 5.74) is 1.97. The monoisotopic (exact) mass is 265 g/mol. The number of nitrogens with one attached hydrogen (secondary N) is 1. The zero-order valence-corrected chi connectivity index (χ0v) is 12.2. The number of hydrogen-bond acceptors (Lipinski definition) is 2. The van der Waals surface area contributed by atoms with E-state index in [-0.39, 0.29) is 5.54 Å². The standard InChI is InChI=1S/C14H20ClN3/c1-5-8-18-12-9-10(15)6-7-11(12)17-13(18)14(2,3)16-4/h6-7,9,16H,5,8H2,1-4H3. The molecule has 0 amide bonds. The molecule has 2 aromatic rings. The van der Waals surface area contributed by atoms with Gasteiger partial charge in [0.05, 0.1) is 16.6 Å². The van der Waals surface area contributed by atoms with E-state index in [2.05, 4.69) is 30.7 Å². The Morgan fingerprint density at radius 1 is 1.39 bits per heavy atom. The molecule has 98 valence electrons. The van der Waals surface area contributed by atoms with Crippen LogP contribution >= 0.6 is 11.6 Å². The average Bonchev–Trinajstić information content (AvgIpc) is 2.69. The number of benzene rings is 1. The number of hydrogen-bond donors (Lipinski definition) is 1. The molecule has 0 unspecified atom stereocenters. The van der Waals surface area contributed by atoms with Gasteiger partial charge < -0.3 is 9.88 Å². The zero-order valence-electron chi connectivity index (χ0n) is 11.4. The summed E-state index contributed by atoms with van der Waals surface area (Å²) in [5.74, 6) is 1.06. The van der Waals surface area contributed by atoms with Gasteiger partial charge >= 0.3 is 0 Å². The first-order valence-electron chi connectivity index (χ1n) is 6.34. The Hall–Kier alpha value is -1.06. The van der Waals surface area contributed by atoms with Gasteiger partial charge in [0.2, 0.25) is 0 Å². The number of imidazole rings is 1. The number of aryl methyl sites for hydroxylation is 1. The lowest BCUT2D eigenvalue weighted by atomic mass is 10.1. The largest absolute Gasteiger partial charge is 0.326 e. The summed E-state index contributed by atoms with van der Waals surface area (Å²) in [6.45, 7) is 7.41. The second-order valence-electron chi connectivity index (χ2n) is 5.10. The normalized spacial score (nSPS) is 12.3. The van der Waals surface area contributed by atoms with E-state index in [0.29, 0.717) is 0 Å². The van der Waals surface area contributed by atoms with Crippen molar-refractivity contribution in [2.24, 2.45) is 0 Å². The van der Waals surface area contributed by atoms with Crippen LogP contribution in [0.3, 0.4) is 0 Å². The molecule has 1 N–H and O–H groups in total. The Kier molecular flexibility index (Phi) is 3.64. The van der Waals surface area contributed by atoms with Crippen molar-refractivity contribution in [1.29, 1.82) is 0 Å². The summed E-state index contributed by atoms with van der Waals surface area (Å²) >= 11 is 6.09. The Bertz CT molecular complexity index is 557. The minimum atomic E-state index is -0.152. The predicted molar refractivity (Wildman–Crippen MR) is 77.1 cm³/mol. The average molecular weight is 266 g/mol. The van der Waals surface area contributed by atoms with Crippen LogP contribution in [0.5, 0.6) is 0 Å². The van der Waals surface area contributed by atoms with Gasteiger partial charge in [0.1, 0.15) is 5.82 Å². The molecule has 4 heteroatoms. The van der Waals surface area contributed by atoms with E-state index < -0.39 is 0 Å². The SMILES string of the molecule is CCCn1c(C(C)(C)NC)nc2ccc(Cl)cc21. The van der Waals surface area contributed by atoms with Crippen LogP contribution < -0.4 is 5.32 Å². The maximum absolute atomic E-state index is 6.09. The molecule has 0 aliphatic rings. The molecule has 1 aromatic heterocycles. The van der Waals surface area contributed by atoms with Crippen LogP contribution in [-0.4, -0.2) is 16.6 Å². The summed E-state index contributed by atoms with van der Waals surface area (Å²) < 4.78 is 2.26. The topological polar surface area (TPSA) is 29.9 Å². The highest BCUT2D eigenvalue weighted by atomic mass is 35.5. The lowest BCUT2D eigenvalue weighted by Gasteiger charge is -2.24. The van der Waals surface area contributed by atoms with Crippen molar-refractivity contribution < 1.29 is 0 Å². The number of aromatic nitrogens is 2. The molecule has 2 rings (SSSR count). The Morgan fingerprint density at radius 2 is 2.11 bits per heavy atom. The Morgan fingerprint density at radius 3 is 2.72 bits per heavy atom. The number of rotatable bonds is 4. The lowest BCUT2D eigenvalue weighted by molar-refractivity contribution is 0.397. The van der Waals surface area contributed by atoms with E-state index in [1.807, 2.05) is 25.2 Å². The molecule has 1 heterocycles. The summed E-state index contributed by atoms with van der Waals surface area (Å²) in [7, 11) is 1.96.